The number of nitrogens with zero attached hydrogens (tertiary/aromatic N) is 4. The Labute approximate surface area is 136 Å². The third-order valence-electron chi connectivity index (χ3n) is 3.40. The van der Waals surface area contributed by atoms with E-state index in [-0.39, 0.29) is 0 Å². The predicted octanol–water partition coefficient (Wildman–Crippen LogP) is 3.51. The second-order valence-corrected chi connectivity index (χ2v) is 6.17. The van der Waals surface area contributed by atoms with E-state index in [0.29, 0.717) is 17.0 Å². The van der Waals surface area contributed by atoms with Crippen molar-refractivity contribution in [2.24, 2.45) is 0 Å². The maximum atomic E-state index is 5.99. The van der Waals surface area contributed by atoms with Gasteiger partial charge < -0.3 is 11.1 Å². The molecule has 0 spiro atoms. The average molecular weight is 322 g/mol. The molecule has 2 aromatic heterocycles. The molecular formula is C16H14N6S. The van der Waals surface area contributed by atoms with Crippen molar-refractivity contribution >= 4 is 39.1 Å². The van der Waals surface area contributed by atoms with Gasteiger partial charge in [0.2, 0.25) is 17.0 Å². The van der Waals surface area contributed by atoms with E-state index in [4.69, 9.17) is 5.73 Å². The van der Waals surface area contributed by atoms with Gasteiger partial charge in [-0.25, -0.2) is 4.98 Å². The van der Waals surface area contributed by atoms with E-state index >= 15 is 0 Å². The molecule has 0 atom stereocenters. The molecule has 0 aliphatic heterocycles. The van der Waals surface area contributed by atoms with E-state index in [9.17, 15) is 0 Å². The molecule has 2 aromatic carbocycles. The quantitative estimate of drug-likeness (QED) is 0.603. The zero-order valence-electron chi connectivity index (χ0n) is 12.4. The van der Waals surface area contributed by atoms with Crippen molar-refractivity contribution in [2.45, 2.75) is 6.92 Å². The molecule has 6 nitrogen and oxygen atoms in total. The van der Waals surface area contributed by atoms with Crippen LogP contribution in [0.5, 0.6) is 0 Å². The molecule has 2 heterocycles. The summed E-state index contributed by atoms with van der Waals surface area (Å²) in [6, 6.07) is 15.9. The second-order valence-electron chi connectivity index (χ2n) is 5.16. The molecule has 3 N–H and O–H groups in total. The minimum atomic E-state index is 0.304. The molecule has 0 saturated carbocycles. The Morgan fingerprint density at radius 2 is 1.83 bits per heavy atom. The Bertz CT molecular complexity index is 937. The Morgan fingerprint density at radius 1 is 1.04 bits per heavy atom. The molecule has 0 bridgehead atoms. The van der Waals surface area contributed by atoms with E-state index in [1.807, 2.05) is 55.5 Å². The number of rotatable bonds is 3. The highest BCUT2D eigenvalue weighted by Gasteiger charge is 2.13. The normalized spacial score (nSPS) is 11.0. The lowest BCUT2D eigenvalue weighted by molar-refractivity contribution is 0.886. The van der Waals surface area contributed by atoms with Crippen molar-refractivity contribution in [3.63, 3.8) is 0 Å². The zero-order valence-corrected chi connectivity index (χ0v) is 13.2. The summed E-state index contributed by atoms with van der Waals surface area (Å²) in [4.78, 5) is 8.81. The van der Waals surface area contributed by atoms with Crippen LogP contribution < -0.4 is 11.1 Å². The number of thiazole rings is 1. The maximum Gasteiger partial charge on any atom is 0.248 e. The number of benzene rings is 2. The largest absolute Gasteiger partial charge is 0.368 e. The van der Waals surface area contributed by atoms with Crippen LogP contribution in [0.15, 0.2) is 48.5 Å². The molecule has 0 fully saturated rings. The molecule has 0 amide bonds. The summed E-state index contributed by atoms with van der Waals surface area (Å²) in [6.07, 6.45) is 0. The first kappa shape index (κ1) is 13.7. The summed E-state index contributed by atoms with van der Waals surface area (Å²) >= 11 is 1.53. The number of para-hydroxylation sites is 1. The van der Waals surface area contributed by atoms with E-state index < -0.39 is 0 Å². The summed E-state index contributed by atoms with van der Waals surface area (Å²) in [5.74, 6) is 0.754. The first-order chi connectivity index (χ1) is 11.2. The van der Waals surface area contributed by atoms with Gasteiger partial charge in [0.05, 0.1) is 10.2 Å². The topological polar surface area (TPSA) is 81.6 Å². The van der Waals surface area contributed by atoms with E-state index in [1.165, 1.54) is 16.9 Å². The van der Waals surface area contributed by atoms with Crippen LogP contribution in [0.4, 0.5) is 17.6 Å². The minimum absolute atomic E-state index is 0.304. The molecule has 0 unspecified atom stereocenters. The lowest BCUT2D eigenvalue weighted by Crippen LogP contribution is -2.01. The van der Waals surface area contributed by atoms with Gasteiger partial charge in [-0.05, 0) is 31.2 Å². The van der Waals surface area contributed by atoms with Crippen LogP contribution in [0, 0.1) is 6.92 Å². The summed E-state index contributed by atoms with van der Waals surface area (Å²) < 4.78 is 2.65. The van der Waals surface area contributed by atoms with Gasteiger partial charge in [0.15, 0.2) is 0 Å². The van der Waals surface area contributed by atoms with Crippen LogP contribution in [0.25, 0.3) is 15.3 Å². The highest BCUT2D eigenvalue weighted by Crippen LogP contribution is 2.26. The van der Waals surface area contributed by atoms with Gasteiger partial charge in [0.25, 0.3) is 0 Å². The average Bonchev–Trinajstić information content (AvgIpc) is 3.12. The van der Waals surface area contributed by atoms with Gasteiger partial charge in [-0.3, -0.25) is 0 Å². The van der Waals surface area contributed by atoms with Gasteiger partial charge >= 0.3 is 0 Å². The number of nitrogen functional groups attached to an aromatic ring is 1. The van der Waals surface area contributed by atoms with Crippen molar-refractivity contribution in [2.75, 3.05) is 11.1 Å². The van der Waals surface area contributed by atoms with E-state index in [2.05, 4.69) is 20.4 Å². The Kier molecular flexibility index (Phi) is 3.20. The number of aromatic nitrogens is 4. The molecule has 114 valence electrons. The molecule has 23 heavy (non-hydrogen) atoms. The summed E-state index contributed by atoms with van der Waals surface area (Å²) in [5, 5.41) is 8.26. The molecule has 0 saturated heterocycles. The van der Waals surface area contributed by atoms with Crippen LogP contribution in [0.3, 0.4) is 0 Å². The number of fused-ring (bicyclic) bond motifs is 1. The van der Waals surface area contributed by atoms with Gasteiger partial charge in [-0.2, -0.15) is 9.67 Å². The van der Waals surface area contributed by atoms with Crippen LogP contribution >= 0.6 is 11.3 Å². The molecule has 4 aromatic rings. The van der Waals surface area contributed by atoms with Crippen LogP contribution in [-0.2, 0) is 0 Å². The van der Waals surface area contributed by atoms with Gasteiger partial charge in [-0.1, -0.05) is 41.2 Å². The lowest BCUT2D eigenvalue weighted by Gasteiger charge is -2.01. The first-order valence-electron chi connectivity index (χ1n) is 7.11. The highest BCUT2D eigenvalue weighted by atomic mass is 32.1. The predicted molar refractivity (Wildman–Crippen MR) is 93.4 cm³/mol. The number of anilines is 3. The highest BCUT2D eigenvalue weighted by molar-refractivity contribution is 7.20. The number of nitrogens with one attached hydrogen (secondary N) is 1. The first-order valence-corrected chi connectivity index (χ1v) is 7.93. The molecule has 4 rings (SSSR count). The smallest absolute Gasteiger partial charge is 0.248 e. The lowest BCUT2D eigenvalue weighted by atomic mass is 10.2. The third-order valence-corrected chi connectivity index (χ3v) is 4.42. The van der Waals surface area contributed by atoms with Gasteiger partial charge in [0.1, 0.15) is 0 Å². The number of aryl methyl sites for hydroxylation is 1. The molecule has 0 aliphatic carbocycles. The third kappa shape index (κ3) is 2.62. The zero-order chi connectivity index (χ0) is 15.8. The fraction of sp³-hybridized carbons (Fsp3) is 0.0625. The van der Waals surface area contributed by atoms with Gasteiger partial charge in [0, 0.05) is 5.69 Å². The molecule has 7 heteroatoms. The molecule has 0 aliphatic rings. The summed E-state index contributed by atoms with van der Waals surface area (Å²) in [6.45, 7) is 2.04. The van der Waals surface area contributed by atoms with Crippen molar-refractivity contribution in [1.29, 1.82) is 0 Å². The van der Waals surface area contributed by atoms with Crippen molar-refractivity contribution in [3.8, 4) is 5.13 Å². The molecular weight excluding hydrogens is 308 g/mol. The van der Waals surface area contributed by atoms with Crippen LogP contribution in [0.1, 0.15) is 5.56 Å². The summed E-state index contributed by atoms with van der Waals surface area (Å²) in [5.41, 5.74) is 9.03. The summed E-state index contributed by atoms with van der Waals surface area (Å²) in [7, 11) is 0. The maximum absolute atomic E-state index is 5.99. The number of hydrogen-bond acceptors (Lipinski definition) is 6. The molecule has 0 radical (unpaired) electrons. The van der Waals surface area contributed by atoms with E-state index in [0.717, 1.165) is 15.9 Å². The van der Waals surface area contributed by atoms with Crippen molar-refractivity contribution in [1.82, 2.24) is 19.7 Å². The Morgan fingerprint density at radius 3 is 2.61 bits per heavy atom. The van der Waals surface area contributed by atoms with Gasteiger partial charge in [-0.15, -0.1) is 5.10 Å². The van der Waals surface area contributed by atoms with E-state index in [1.54, 1.807) is 4.68 Å². The SMILES string of the molecule is Cc1ccc(Nc2nc(N)n(-c3nc4ccccc4s3)n2)cc1. The monoisotopic (exact) mass is 322 g/mol. The fourth-order valence-electron chi connectivity index (χ4n) is 2.23. The van der Waals surface area contributed by atoms with Crippen LogP contribution in [0.2, 0.25) is 0 Å². The second kappa shape index (κ2) is 5.36. The van der Waals surface area contributed by atoms with Crippen LogP contribution in [-0.4, -0.2) is 19.7 Å². The standard InChI is InChI=1S/C16H14N6S/c1-10-6-8-11(9-7-10)18-15-20-14(17)22(21-15)16-19-12-4-2-3-5-13(12)23-16/h2-9H,1H3,(H3,17,18,20,21). The number of hydrogen-bond donors (Lipinski definition) is 2. The van der Waals surface area contributed by atoms with Crippen molar-refractivity contribution < 1.29 is 0 Å². The van der Waals surface area contributed by atoms with Crippen molar-refractivity contribution in [3.05, 3.63) is 54.1 Å². The Hall–Kier alpha value is -2.93. The Balaban J connectivity index is 1.67. The number of nitrogens with two attached hydrogens (primary N) is 1. The fourth-order valence-corrected chi connectivity index (χ4v) is 3.16. The minimum Gasteiger partial charge on any atom is -0.368 e.